The summed E-state index contributed by atoms with van der Waals surface area (Å²) in [7, 11) is 0. The Morgan fingerprint density at radius 1 is 1.58 bits per heavy atom. The molecule has 3 rings (SSSR count). The van der Waals surface area contributed by atoms with Crippen LogP contribution in [0.1, 0.15) is 48.3 Å². The van der Waals surface area contributed by atoms with Crippen LogP contribution in [0.2, 0.25) is 0 Å². The molecule has 1 saturated carbocycles. The van der Waals surface area contributed by atoms with E-state index < -0.39 is 0 Å². The molecule has 0 spiro atoms. The molecule has 104 valence electrons. The second-order valence-corrected chi connectivity index (χ2v) is 6.02. The summed E-state index contributed by atoms with van der Waals surface area (Å²) in [5.41, 5.74) is 1.59. The van der Waals surface area contributed by atoms with Crippen molar-refractivity contribution in [3.8, 4) is 0 Å². The highest BCUT2D eigenvalue weighted by molar-refractivity contribution is 9.10. The summed E-state index contributed by atoms with van der Waals surface area (Å²) < 4.78 is 6.44. The molecule has 1 saturated heterocycles. The molecule has 2 heterocycles. The number of H-pyrrole nitrogens is 1. The van der Waals surface area contributed by atoms with Gasteiger partial charge in [-0.25, -0.2) is 0 Å². The maximum atomic E-state index is 12.5. The summed E-state index contributed by atoms with van der Waals surface area (Å²) in [6.07, 6.45) is 3.45. The number of carbonyl (C=O) groups excluding carboxylic acids is 1. The highest BCUT2D eigenvalue weighted by Gasteiger charge is 2.32. The first-order chi connectivity index (χ1) is 9.20. The Hall–Kier alpha value is -0.880. The number of hydrogen-bond donors (Lipinski definition) is 1. The van der Waals surface area contributed by atoms with Gasteiger partial charge >= 0.3 is 0 Å². The molecule has 2 aliphatic rings. The molecule has 19 heavy (non-hydrogen) atoms. The Balaban J connectivity index is 1.75. The summed E-state index contributed by atoms with van der Waals surface area (Å²) in [4.78, 5) is 14.3. The molecular formula is C13H18BrN3O2. The summed E-state index contributed by atoms with van der Waals surface area (Å²) >= 11 is 3.52. The van der Waals surface area contributed by atoms with Crippen LogP contribution in [0.25, 0.3) is 0 Å². The number of aromatic amines is 1. The first-order valence-electron chi connectivity index (χ1n) is 6.85. The van der Waals surface area contributed by atoms with Crippen LogP contribution in [0.4, 0.5) is 0 Å². The molecule has 0 bridgehead atoms. The maximum absolute atomic E-state index is 12.5. The minimum atomic E-state index is -0.00299. The van der Waals surface area contributed by atoms with Gasteiger partial charge < -0.3 is 9.64 Å². The van der Waals surface area contributed by atoms with Gasteiger partial charge in [-0.05, 0) is 35.2 Å². The zero-order chi connectivity index (χ0) is 13.4. The van der Waals surface area contributed by atoms with Gasteiger partial charge in [-0.15, -0.1) is 0 Å². The number of amides is 1. The monoisotopic (exact) mass is 327 g/mol. The van der Waals surface area contributed by atoms with Gasteiger partial charge in [-0.2, -0.15) is 5.10 Å². The topological polar surface area (TPSA) is 58.2 Å². The van der Waals surface area contributed by atoms with E-state index in [1.807, 2.05) is 4.90 Å². The highest BCUT2D eigenvalue weighted by Crippen LogP contribution is 2.43. The predicted molar refractivity (Wildman–Crippen MR) is 74.2 cm³/mol. The van der Waals surface area contributed by atoms with Gasteiger partial charge in [0.15, 0.2) is 5.69 Å². The average molecular weight is 328 g/mol. The minimum Gasteiger partial charge on any atom is -0.375 e. The lowest BCUT2D eigenvalue weighted by Crippen LogP contribution is -2.45. The second kappa shape index (κ2) is 5.25. The van der Waals surface area contributed by atoms with E-state index in [0.29, 0.717) is 31.3 Å². The van der Waals surface area contributed by atoms with Crippen LogP contribution in [-0.2, 0) is 4.74 Å². The average Bonchev–Trinajstić information content (AvgIpc) is 3.21. The van der Waals surface area contributed by atoms with E-state index in [1.165, 1.54) is 12.8 Å². The third kappa shape index (κ3) is 2.56. The fourth-order valence-electron chi connectivity index (χ4n) is 2.43. The molecule has 0 aromatic carbocycles. The molecule has 1 amide bonds. The molecule has 1 aliphatic heterocycles. The Kier molecular flexibility index (Phi) is 3.62. The Morgan fingerprint density at radius 2 is 2.37 bits per heavy atom. The van der Waals surface area contributed by atoms with Crippen molar-refractivity contribution in [1.82, 2.24) is 15.1 Å². The number of hydrogen-bond acceptors (Lipinski definition) is 3. The largest absolute Gasteiger partial charge is 0.375 e. The summed E-state index contributed by atoms with van der Waals surface area (Å²) in [6.45, 7) is 4.00. The van der Waals surface area contributed by atoms with E-state index in [2.05, 4.69) is 33.1 Å². The Labute approximate surface area is 120 Å². The molecule has 1 aromatic heterocycles. The van der Waals surface area contributed by atoms with Gasteiger partial charge in [0.1, 0.15) is 0 Å². The van der Waals surface area contributed by atoms with E-state index >= 15 is 0 Å². The molecule has 2 fully saturated rings. The number of morpholine rings is 1. The lowest BCUT2D eigenvalue weighted by molar-refractivity contribution is -0.0228. The SMILES string of the molecule is CCC1CN(C(=O)c2n[nH]c(C3CC3)c2Br)CCO1. The van der Waals surface area contributed by atoms with Crippen LogP contribution in [0, 0.1) is 0 Å². The molecule has 1 unspecified atom stereocenters. The van der Waals surface area contributed by atoms with Crippen molar-refractivity contribution in [2.45, 2.75) is 38.2 Å². The summed E-state index contributed by atoms with van der Waals surface area (Å²) in [5, 5.41) is 7.20. The normalized spacial score (nSPS) is 23.7. The fraction of sp³-hybridized carbons (Fsp3) is 0.692. The smallest absolute Gasteiger partial charge is 0.275 e. The second-order valence-electron chi connectivity index (χ2n) is 5.23. The van der Waals surface area contributed by atoms with Crippen LogP contribution >= 0.6 is 15.9 Å². The van der Waals surface area contributed by atoms with Gasteiger partial charge in [0.25, 0.3) is 5.91 Å². The van der Waals surface area contributed by atoms with Crippen molar-refractivity contribution in [2.24, 2.45) is 0 Å². The summed E-state index contributed by atoms with van der Waals surface area (Å²) in [6, 6.07) is 0. The van der Waals surface area contributed by atoms with Crippen LogP contribution in [0.5, 0.6) is 0 Å². The highest BCUT2D eigenvalue weighted by atomic mass is 79.9. The third-order valence-corrected chi connectivity index (χ3v) is 4.60. The number of nitrogens with zero attached hydrogens (tertiary/aromatic N) is 2. The predicted octanol–water partition coefficient (Wildman–Crippen LogP) is 2.30. The van der Waals surface area contributed by atoms with Crippen LogP contribution in [-0.4, -0.2) is 46.8 Å². The van der Waals surface area contributed by atoms with Gasteiger partial charge in [0, 0.05) is 19.0 Å². The number of aromatic nitrogens is 2. The zero-order valence-corrected chi connectivity index (χ0v) is 12.6. The van der Waals surface area contributed by atoms with Gasteiger partial charge in [0.05, 0.1) is 22.9 Å². The number of nitrogens with one attached hydrogen (secondary N) is 1. The third-order valence-electron chi connectivity index (χ3n) is 3.80. The van der Waals surface area contributed by atoms with Gasteiger partial charge in [-0.3, -0.25) is 9.89 Å². The van der Waals surface area contributed by atoms with Crippen LogP contribution < -0.4 is 0 Å². The first kappa shape index (κ1) is 13.1. The van der Waals surface area contributed by atoms with Crippen molar-refractivity contribution in [3.05, 3.63) is 15.9 Å². The quantitative estimate of drug-likeness (QED) is 0.926. The Morgan fingerprint density at radius 3 is 3.05 bits per heavy atom. The Bertz CT molecular complexity index is 484. The standard InChI is InChI=1S/C13H18BrN3O2/c1-2-9-7-17(5-6-19-9)13(18)12-10(14)11(15-16-12)8-3-4-8/h8-9H,2-7H2,1H3,(H,15,16). The van der Waals surface area contributed by atoms with Crippen molar-refractivity contribution in [2.75, 3.05) is 19.7 Å². The number of rotatable bonds is 3. The lowest BCUT2D eigenvalue weighted by Gasteiger charge is -2.32. The van der Waals surface area contributed by atoms with Crippen molar-refractivity contribution >= 4 is 21.8 Å². The molecule has 1 aromatic rings. The molecule has 5 nitrogen and oxygen atoms in total. The number of halogens is 1. The fourth-order valence-corrected chi connectivity index (χ4v) is 3.10. The summed E-state index contributed by atoms with van der Waals surface area (Å²) in [5.74, 6) is 0.549. The van der Waals surface area contributed by atoms with Crippen molar-refractivity contribution < 1.29 is 9.53 Å². The molecule has 0 radical (unpaired) electrons. The molecular weight excluding hydrogens is 310 g/mol. The maximum Gasteiger partial charge on any atom is 0.275 e. The van der Waals surface area contributed by atoms with E-state index in [-0.39, 0.29) is 12.0 Å². The molecule has 1 aliphatic carbocycles. The van der Waals surface area contributed by atoms with Crippen LogP contribution in [0.3, 0.4) is 0 Å². The number of ether oxygens (including phenoxy) is 1. The first-order valence-corrected chi connectivity index (χ1v) is 7.64. The van der Waals surface area contributed by atoms with Crippen molar-refractivity contribution in [3.63, 3.8) is 0 Å². The number of carbonyl (C=O) groups is 1. The lowest BCUT2D eigenvalue weighted by atomic mass is 10.2. The molecule has 1 N–H and O–H groups in total. The molecule has 1 atom stereocenters. The van der Waals surface area contributed by atoms with Crippen LogP contribution in [0.15, 0.2) is 4.47 Å². The van der Waals surface area contributed by atoms with E-state index in [0.717, 1.165) is 16.6 Å². The van der Waals surface area contributed by atoms with E-state index in [1.54, 1.807) is 0 Å². The van der Waals surface area contributed by atoms with Gasteiger partial charge in [0.2, 0.25) is 0 Å². The van der Waals surface area contributed by atoms with E-state index in [4.69, 9.17) is 4.74 Å². The van der Waals surface area contributed by atoms with Crippen molar-refractivity contribution in [1.29, 1.82) is 0 Å². The zero-order valence-electron chi connectivity index (χ0n) is 11.0. The van der Waals surface area contributed by atoms with E-state index in [9.17, 15) is 4.79 Å². The molecule has 6 heteroatoms. The van der Waals surface area contributed by atoms with Gasteiger partial charge in [-0.1, -0.05) is 6.92 Å². The minimum absolute atomic E-state index is 0.00299.